The van der Waals surface area contributed by atoms with E-state index in [0.717, 1.165) is 0 Å². The van der Waals surface area contributed by atoms with Crippen LogP contribution in [0.25, 0.3) is 0 Å². The quantitative estimate of drug-likeness (QED) is 0.679. The average Bonchev–Trinajstić information content (AvgIpc) is 2.61. The van der Waals surface area contributed by atoms with Gasteiger partial charge in [-0.05, 0) is 12.1 Å². The molecule has 0 aliphatic rings. The SMILES string of the molecule is COc1cc(OC)nc(OC(CS(=O)[O-])C(=O)Nc2ccccc2)n1. The molecule has 2 atom stereocenters. The molecule has 25 heavy (non-hydrogen) atoms. The highest BCUT2D eigenvalue weighted by atomic mass is 32.2. The van der Waals surface area contributed by atoms with E-state index in [0.29, 0.717) is 5.69 Å². The molecule has 0 spiro atoms. The zero-order valence-corrected chi connectivity index (χ0v) is 14.3. The summed E-state index contributed by atoms with van der Waals surface area (Å²) in [5.74, 6) is -0.929. The van der Waals surface area contributed by atoms with E-state index >= 15 is 0 Å². The Morgan fingerprint density at radius 3 is 2.32 bits per heavy atom. The first kappa shape index (κ1) is 18.6. The highest BCUT2D eigenvalue weighted by molar-refractivity contribution is 7.79. The van der Waals surface area contributed by atoms with Gasteiger partial charge in [0.2, 0.25) is 11.8 Å². The van der Waals surface area contributed by atoms with Crippen LogP contribution in [-0.4, -0.2) is 50.7 Å². The minimum Gasteiger partial charge on any atom is -0.772 e. The summed E-state index contributed by atoms with van der Waals surface area (Å²) in [6.07, 6.45) is -1.35. The van der Waals surface area contributed by atoms with Crippen molar-refractivity contribution >= 4 is 22.7 Å². The first-order valence-corrected chi connectivity index (χ1v) is 8.31. The number of methoxy groups -OCH3 is 2. The van der Waals surface area contributed by atoms with E-state index in [1.54, 1.807) is 30.3 Å². The van der Waals surface area contributed by atoms with Crippen LogP contribution in [0.2, 0.25) is 0 Å². The van der Waals surface area contributed by atoms with Crippen LogP contribution in [0.3, 0.4) is 0 Å². The number of hydrogen-bond donors (Lipinski definition) is 1. The molecule has 10 heteroatoms. The third kappa shape index (κ3) is 5.69. The van der Waals surface area contributed by atoms with E-state index in [-0.39, 0.29) is 17.8 Å². The lowest BCUT2D eigenvalue weighted by molar-refractivity contribution is -0.122. The Hall–Kier alpha value is -2.72. The third-order valence-electron chi connectivity index (χ3n) is 2.95. The standard InChI is InChI=1S/C15H17N3O6S/c1-22-12-8-13(23-2)18-15(17-12)24-11(9-25(20)21)14(19)16-10-6-4-3-5-7-10/h3-8,11H,9H2,1-2H3,(H,16,19)(H,20,21)/p-1. The summed E-state index contributed by atoms with van der Waals surface area (Å²) in [5, 5.41) is 2.57. The lowest BCUT2D eigenvalue weighted by Gasteiger charge is -2.19. The maximum atomic E-state index is 12.3. The van der Waals surface area contributed by atoms with E-state index in [1.165, 1.54) is 20.3 Å². The highest BCUT2D eigenvalue weighted by Gasteiger charge is 2.23. The molecule has 1 aromatic carbocycles. The Labute approximate surface area is 146 Å². The molecule has 0 aliphatic heterocycles. The molecule has 134 valence electrons. The van der Waals surface area contributed by atoms with Crippen LogP contribution in [0, 0.1) is 0 Å². The minimum atomic E-state index is -2.52. The largest absolute Gasteiger partial charge is 0.772 e. The van der Waals surface area contributed by atoms with E-state index < -0.39 is 28.8 Å². The van der Waals surface area contributed by atoms with E-state index in [2.05, 4.69) is 15.3 Å². The van der Waals surface area contributed by atoms with Crippen molar-refractivity contribution in [3.05, 3.63) is 36.4 Å². The number of nitrogens with one attached hydrogen (secondary N) is 1. The van der Waals surface area contributed by atoms with E-state index in [9.17, 15) is 13.6 Å². The van der Waals surface area contributed by atoms with Crippen LogP contribution in [-0.2, 0) is 15.9 Å². The molecule has 0 radical (unpaired) electrons. The molecule has 1 N–H and O–H groups in total. The molecule has 2 rings (SSSR count). The molecule has 0 aliphatic carbocycles. The van der Waals surface area contributed by atoms with Gasteiger partial charge in [-0.15, -0.1) is 0 Å². The maximum absolute atomic E-state index is 12.3. The molecule has 0 saturated carbocycles. The molecule has 9 nitrogen and oxygen atoms in total. The van der Waals surface area contributed by atoms with Gasteiger partial charge < -0.3 is 24.1 Å². The lowest BCUT2D eigenvalue weighted by atomic mass is 10.3. The van der Waals surface area contributed by atoms with Crippen molar-refractivity contribution in [2.75, 3.05) is 25.3 Å². The van der Waals surface area contributed by atoms with Crippen LogP contribution in [0.15, 0.2) is 36.4 Å². The fourth-order valence-electron chi connectivity index (χ4n) is 1.80. The maximum Gasteiger partial charge on any atom is 0.323 e. The van der Waals surface area contributed by atoms with Gasteiger partial charge in [-0.25, -0.2) is 0 Å². The average molecular weight is 366 g/mol. The van der Waals surface area contributed by atoms with Gasteiger partial charge in [0, 0.05) is 5.69 Å². The molecule has 1 amide bonds. The molecular formula is C15H16N3O6S-. The van der Waals surface area contributed by atoms with Crippen molar-refractivity contribution in [2.45, 2.75) is 6.10 Å². The first-order chi connectivity index (χ1) is 12.0. The number of ether oxygens (including phenoxy) is 3. The molecule has 2 unspecified atom stereocenters. The summed E-state index contributed by atoms with van der Waals surface area (Å²) in [4.78, 5) is 20.2. The van der Waals surface area contributed by atoms with Gasteiger partial charge in [-0.2, -0.15) is 9.97 Å². The van der Waals surface area contributed by atoms with Crippen molar-refractivity contribution in [1.29, 1.82) is 0 Å². The monoisotopic (exact) mass is 366 g/mol. The number of para-hydroxylation sites is 1. The number of rotatable bonds is 8. The van der Waals surface area contributed by atoms with Gasteiger partial charge >= 0.3 is 6.01 Å². The number of nitrogens with zero attached hydrogens (tertiary/aromatic N) is 2. The summed E-state index contributed by atoms with van der Waals surface area (Å²) in [6.45, 7) is 0. The van der Waals surface area contributed by atoms with E-state index in [1.807, 2.05) is 0 Å². The zero-order chi connectivity index (χ0) is 18.2. The predicted molar refractivity (Wildman–Crippen MR) is 88.4 cm³/mol. The predicted octanol–water partition coefficient (Wildman–Crippen LogP) is 0.759. The van der Waals surface area contributed by atoms with Crippen LogP contribution in [0.1, 0.15) is 0 Å². The molecule has 1 heterocycles. The van der Waals surface area contributed by atoms with Crippen molar-refractivity contribution in [1.82, 2.24) is 9.97 Å². The number of benzene rings is 1. The number of carbonyl (C=O) groups is 1. The van der Waals surface area contributed by atoms with Gasteiger partial charge in [0.05, 0.1) is 26.0 Å². The third-order valence-corrected chi connectivity index (χ3v) is 3.52. The van der Waals surface area contributed by atoms with Crippen molar-refractivity contribution < 1.29 is 27.8 Å². The fourth-order valence-corrected chi connectivity index (χ4v) is 2.27. The Kier molecular flexibility index (Phi) is 6.66. The molecule has 2 aromatic rings. The molecule has 1 aromatic heterocycles. The van der Waals surface area contributed by atoms with Crippen molar-refractivity contribution in [2.24, 2.45) is 0 Å². The number of amides is 1. The number of hydrogen-bond acceptors (Lipinski definition) is 8. The number of carbonyl (C=O) groups excluding carboxylic acids is 1. The van der Waals surface area contributed by atoms with Gasteiger partial charge in [0.1, 0.15) is 0 Å². The van der Waals surface area contributed by atoms with Crippen LogP contribution < -0.4 is 19.5 Å². The van der Waals surface area contributed by atoms with E-state index in [4.69, 9.17) is 14.2 Å². The van der Waals surface area contributed by atoms with Gasteiger partial charge in [-0.1, -0.05) is 29.3 Å². The first-order valence-electron chi connectivity index (χ1n) is 7.07. The fraction of sp³-hybridized carbons (Fsp3) is 0.267. The minimum absolute atomic E-state index is 0.146. The van der Waals surface area contributed by atoms with Crippen molar-refractivity contribution in [3.8, 4) is 17.8 Å². The molecule has 0 bridgehead atoms. The van der Waals surface area contributed by atoms with Gasteiger partial charge in [0.15, 0.2) is 6.10 Å². The van der Waals surface area contributed by atoms with Crippen LogP contribution >= 0.6 is 0 Å². The molecule has 0 saturated heterocycles. The van der Waals surface area contributed by atoms with Gasteiger partial charge in [-0.3, -0.25) is 9.00 Å². The molecular weight excluding hydrogens is 350 g/mol. The summed E-state index contributed by atoms with van der Waals surface area (Å²) in [7, 11) is 2.77. The summed E-state index contributed by atoms with van der Waals surface area (Å²) in [6, 6.07) is 9.74. The summed E-state index contributed by atoms with van der Waals surface area (Å²) < 4.78 is 37.4. The van der Waals surface area contributed by atoms with Crippen molar-refractivity contribution in [3.63, 3.8) is 0 Å². The zero-order valence-electron chi connectivity index (χ0n) is 13.5. The van der Waals surface area contributed by atoms with Crippen LogP contribution in [0.5, 0.6) is 17.8 Å². The number of aromatic nitrogens is 2. The van der Waals surface area contributed by atoms with Gasteiger partial charge in [0.25, 0.3) is 5.91 Å². The topological polar surface area (TPSA) is 123 Å². The second-order valence-corrected chi connectivity index (χ2v) is 5.61. The molecule has 0 fully saturated rings. The Balaban J connectivity index is 2.19. The second kappa shape index (κ2) is 8.94. The lowest BCUT2D eigenvalue weighted by Crippen LogP contribution is -2.38. The van der Waals surface area contributed by atoms with Crippen LogP contribution in [0.4, 0.5) is 5.69 Å². The smallest absolute Gasteiger partial charge is 0.323 e. The Bertz CT molecular complexity index is 721. The Morgan fingerprint density at radius 2 is 1.80 bits per heavy atom. The summed E-state index contributed by atoms with van der Waals surface area (Å²) >= 11 is -2.52. The second-order valence-electron chi connectivity index (χ2n) is 4.67. The highest BCUT2D eigenvalue weighted by Crippen LogP contribution is 2.20. The number of anilines is 1. The summed E-state index contributed by atoms with van der Waals surface area (Å²) in [5.41, 5.74) is 0.502. The normalized spacial score (nSPS) is 12.8. The Morgan fingerprint density at radius 1 is 1.20 bits per heavy atom.